The fourth-order valence-electron chi connectivity index (χ4n) is 1.79. The van der Waals surface area contributed by atoms with Crippen molar-refractivity contribution in [1.82, 2.24) is 0 Å². The van der Waals surface area contributed by atoms with Crippen LogP contribution in [0.15, 0.2) is 18.2 Å². The molecule has 8 heteroatoms. The highest BCUT2D eigenvalue weighted by atomic mass is 19.1. The number of hydrogen-bond donors (Lipinski definition) is 2. The van der Waals surface area contributed by atoms with Gasteiger partial charge >= 0.3 is 0 Å². The van der Waals surface area contributed by atoms with Crippen LogP contribution in [0.5, 0.6) is 0 Å². The summed E-state index contributed by atoms with van der Waals surface area (Å²) >= 11 is 0. The zero-order valence-electron chi connectivity index (χ0n) is 9.84. The second-order valence-electron chi connectivity index (χ2n) is 4.22. The number of halogens is 1. The molecule has 0 bridgehead atoms. The van der Waals surface area contributed by atoms with E-state index >= 15 is 0 Å². The van der Waals surface area contributed by atoms with Crippen molar-refractivity contribution in [2.75, 3.05) is 18.5 Å². The molecule has 1 aromatic carbocycles. The maximum atomic E-state index is 13.5. The van der Waals surface area contributed by atoms with Crippen molar-refractivity contribution in [2.24, 2.45) is 11.7 Å². The van der Waals surface area contributed by atoms with Crippen LogP contribution in [-0.4, -0.2) is 30.1 Å². The molecule has 1 saturated heterocycles. The summed E-state index contributed by atoms with van der Waals surface area (Å²) in [6, 6.07) is 2.46. The van der Waals surface area contributed by atoms with E-state index in [0.717, 1.165) is 18.2 Å². The molecule has 1 heterocycles. The van der Waals surface area contributed by atoms with Crippen molar-refractivity contribution in [3.05, 3.63) is 34.1 Å². The molecular weight excluding hydrogens is 257 g/mol. The smallest absolute Gasteiger partial charge is 0.271 e. The lowest BCUT2D eigenvalue weighted by molar-refractivity contribution is -0.384. The predicted molar refractivity (Wildman–Crippen MR) is 64.0 cm³/mol. The Hall–Kier alpha value is -2.06. The molecule has 1 aliphatic heterocycles. The van der Waals surface area contributed by atoms with Gasteiger partial charge < -0.3 is 15.8 Å². The summed E-state index contributed by atoms with van der Waals surface area (Å²) in [5.41, 5.74) is 5.12. The van der Waals surface area contributed by atoms with E-state index in [2.05, 4.69) is 5.32 Å². The molecule has 0 spiro atoms. The van der Waals surface area contributed by atoms with Crippen LogP contribution in [0.1, 0.15) is 0 Å². The molecular formula is C11H12FN3O4. The van der Waals surface area contributed by atoms with Crippen LogP contribution in [-0.2, 0) is 9.53 Å². The molecule has 0 radical (unpaired) electrons. The first-order valence-corrected chi connectivity index (χ1v) is 5.57. The number of nitro groups is 1. The quantitative estimate of drug-likeness (QED) is 0.618. The summed E-state index contributed by atoms with van der Waals surface area (Å²) in [6.45, 7) is 0.416. The van der Waals surface area contributed by atoms with Crippen molar-refractivity contribution >= 4 is 17.3 Å². The average Bonchev–Trinajstić information content (AvgIpc) is 2.78. The van der Waals surface area contributed by atoms with E-state index in [1.54, 1.807) is 0 Å². The van der Waals surface area contributed by atoms with Gasteiger partial charge in [0.15, 0.2) is 0 Å². The van der Waals surface area contributed by atoms with Crippen LogP contribution >= 0.6 is 0 Å². The second-order valence-corrected chi connectivity index (χ2v) is 4.22. The number of nitrogens with two attached hydrogens (primary N) is 1. The van der Waals surface area contributed by atoms with E-state index in [0.29, 0.717) is 0 Å². The Balaban J connectivity index is 2.16. The van der Waals surface area contributed by atoms with E-state index in [4.69, 9.17) is 10.5 Å². The zero-order valence-corrected chi connectivity index (χ0v) is 9.84. The number of ether oxygens (including phenoxy) is 1. The molecule has 1 aliphatic rings. The van der Waals surface area contributed by atoms with Gasteiger partial charge in [-0.1, -0.05) is 0 Å². The lowest BCUT2D eigenvalue weighted by Gasteiger charge is -2.13. The number of benzene rings is 1. The fraction of sp³-hybridized carbons (Fsp3) is 0.364. The molecule has 2 rings (SSSR count). The van der Waals surface area contributed by atoms with Gasteiger partial charge in [0, 0.05) is 18.2 Å². The Kier molecular flexibility index (Phi) is 3.72. The first-order chi connectivity index (χ1) is 8.99. The maximum Gasteiger partial charge on any atom is 0.271 e. The van der Waals surface area contributed by atoms with Crippen LogP contribution in [0.25, 0.3) is 0 Å². The average molecular weight is 269 g/mol. The molecule has 0 aliphatic carbocycles. The van der Waals surface area contributed by atoms with Gasteiger partial charge in [-0.2, -0.15) is 0 Å². The van der Waals surface area contributed by atoms with Crippen LogP contribution in [0, 0.1) is 21.8 Å². The Morgan fingerprint density at radius 3 is 2.84 bits per heavy atom. The number of nitrogens with one attached hydrogen (secondary N) is 1. The topological polar surface area (TPSA) is 107 Å². The number of carbonyl (C=O) groups is 1. The van der Waals surface area contributed by atoms with E-state index in [1.165, 1.54) is 0 Å². The lowest BCUT2D eigenvalue weighted by atomic mass is 10.0. The first-order valence-electron chi connectivity index (χ1n) is 5.57. The summed E-state index contributed by atoms with van der Waals surface area (Å²) < 4.78 is 18.5. The Morgan fingerprint density at radius 2 is 2.26 bits per heavy atom. The zero-order chi connectivity index (χ0) is 14.0. The van der Waals surface area contributed by atoms with Crippen molar-refractivity contribution in [3.8, 4) is 0 Å². The van der Waals surface area contributed by atoms with Gasteiger partial charge in [0.2, 0.25) is 5.91 Å². The predicted octanol–water partition coefficient (Wildman–Crippen LogP) is 0.646. The Morgan fingerprint density at radius 1 is 1.53 bits per heavy atom. The third-order valence-electron chi connectivity index (χ3n) is 2.88. The highest BCUT2D eigenvalue weighted by Gasteiger charge is 2.31. The highest BCUT2D eigenvalue weighted by Crippen LogP contribution is 2.22. The van der Waals surface area contributed by atoms with E-state index in [1.807, 2.05) is 0 Å². The molecule has 102 valence electrons. The molecule has 1 fully saturated rings. The molecule has 1 aromatic rings. The van der Waals surface area contributed by atoms with Crippen molar-refractivity contribution in [3.63, 3.8) is 0 Å². The minimum absolute atomic E-state index is 0.156. The van der Waals surface area contributed by atoms with Gasteiger partial charge in [0.05, 0.1) is 29.7 Å². The summed E-state index contributed by atoms with van der Waals surface area (Å²) in [4.78, 5) is 21.8. The molecule has 1 amide bonds. The number of carbonyl (C=O) groups excluding carboxylic acids is 1. The Bertz CT molecular complexity index is 523. The van der Waals surface area contributed by atoms with Gasteiger partial charge in [0.25, 0.3) is 5.69 Å². The second kappa shape index (κ2) is 5.29. The van der Waals surface area contributed by atoms with Crippen molar-refractivity contribution in [1.29, 1.82) is 0 Å². The van der Waals surface area contributed by atoms with Crippen LogP contribution in [0.3, 0.4) is 0 Å². The van der Waals surface area contributed by atoms with Crippen molar-refractivity contribution < 1.29 is 18.8 Å². The third-order valence-corrected chi connectivity index (χ3v) is 2.88. The summed E-state index contributed by atoms with van der Waals surface area (Å²) in [5, 5.41) is 12.9. The first kappa shape index (κ1) is 13.4. The van der Waals surface area contributed by atoms with Crippen LogP contribution < -0.4 is 11.1 Å². The number of anilines is 1. The van der Waals surface area contributed by atoms with Gasteiger partial charge in [-0.25, -0.2) is 4.39 Å². The van der Waals surface area contributed by atoms with E-state index in [9.17, 15) is 19.3 Å². The van der Waals surface area contributed by atoms with Gasteiger partial charge in [-0.3, -0.25) is 14.9 Å². The number of amides is 1. The molecule has 2 atom stereocenters. The molecule has 0 saturated carbocycles. The molecule has 0 aromatic heterocycles. The lowest BCUT2D eigenvalue weighted by Crippen LogP contribution is -2.37. The number of hydrogen-bond acceptors (Lipinski definition) is 5. The monoisotopic (exact) mass is 269 g/mol. The van der Waals surface area contributed by atoms with E-state index < -0.39 is 28.6 Å². The fourth-order valence-corrected chi connectivity index (χ4v) is 1.79. The minimum Gasteiger partial charge on any atom is -0.379 e. The summed E-state index contributed by atoms with van der Waals surface area (Å²) in [6.07, 6.45) is 0. The molecule has 3 N–H and O–H groups in total. The SMILES string of the molecule is NC1COCC1C(=O)Nc1cc([N+](=O)[O-])ccc1F. The minimum atomic E-state index is -0.744. The summed E-state index contributed by atoms with van der Waals surface area (Å²) in [7, 11) is 0. The summed E-state index contributed by atoms with van der Waals surface area (Å²) in [5.74, 6) is -1.84. The van der Waals surface area contributed by atoms with Crippen LogP contribution in [0.4, 0.5) is 15.8 Å². The van der Waals surface area contributed by atoms with Crippen LogP contribution in [0.2, 0.25) is 0 Å². The largest absolute Gasteiger partial charge is 0.379 e. The standard InChI is InChI=1S/C11H12FN3O4/c12-8-2-1-6(15(17)18)3-10(8)14-11(16)7-4-19-5-9(7)13/h1-3,7,9H,4-5,13H2,(H,14,16). The third kappa shape index (κ3) is 2.85. The van der Waals surface area contributed by atoms with E-state index in [-0.39, 0.29) is 24.6 Å². The van der Waals surface area contributed by atoms with Crippen molar-refractivity contribution in [2.45, 2.75) is 6.04 Å². The number of nitrogens with zero attached hydrogens (tertiary/aromatic N) is 1. The molecule has 19 heavy (non-hydrogen) atoms. The highest BCUT2D eigenvalue weighted by molar-refractivity contribution is 5.93. The normalized spacial score (nSPS) is 22.2. The molecule has 2 unspecified atom stereocenters. The van der Waals surface area contributed by atoms with Gasteiger partial charge in [-0.15, -0.1) is 0 Å². The number of rotatable bonds is 3. The van der Waals surface area contributed by atoms with Gasteiger partial charge in [-0.05, 0) is 6.07 Å². The number of nitro benzene ring substituents is 1. The number of non-ortho nitro benzene ring substituents is 1. The molecule has 7 nitrogen and oxygen atoms in total. The van der Waals surface area contributed by atoms with Gasteiger partial charge in [0.1, 0.15) is 5.82 Å². The Labute approximate surface area is 107 Å². The maximum absolute atomic E-state index is 13.5.